The molecule has 2 atom stereocenters. The molecule has 1 amide bonds. The zero-order chi connectivity index (χ0) is 14.5. The number of nitrogens with one attached hydrogen (secondary N) is 1. The summed E-state index contributed by atoms with van der Waals surface area (Å²) in [6.07, 6.45) is 0.458. The summed E-state index contributed by atoms with van der Waals surface area (Å²) in [6.45, 7) is 8.17. The Bertz CT molecular complexity index is 454. The Morgan fingerprint density at radius 2 is 1.89 bits per heavy atom. The van der Waals surface area contributed by atoms with Crippen LogP contribution < -0.4 is 5.32 Å². The minimum absolute atomic E-state index is 0.0115. The highest BCUT2D eigenvalue weighted by Gasteiger charge is 2.25. The minimum atomic E-state index is -0.632. The molecule has 0 aliphatic carbocycles. The fourth-order valence-electron chi connectivity index (χ4n) is 1.58. The van der Waals surface area contributed by atoms with Crippen molar-refractivity contribution >= 4 is 5.91 Å². The van der Waals surface area contributed by atoms with E-state index in [4.69, 9.17) is 5.26 Å². The second-order valence-electron chi connectivity index (χ2n) is 5.97. The van der Waals surface area contributed by atoms with Crippen molar-refractivity contribution in [1.82, 2.24) is 5.32 Å². The predicted octanol–water partition coefficient (Wildman–Crippen LogP) is 2.92. The van der Waals surface area contributed by atoms with Crippen molar-refractivity contribution in [3.05, 3.63) is 35.9 Å². The van der Waals surface area contributed by atoms with E-state index in [2.05, 4.69) is 32.2 Å². The molecule has 0 saturated heterocycles. The van der Waals surface area contributed by atoms with Gasteiger partial charge in [-0.25, -0.2) is 0 Å². The molecular formula is C16H22N2O. The van der Waals surface area contributed by atoms with Gasteiger partial charge in [-0.15, -0.1) is 0 Å². The van der Waals surface area contributed by atoms with Crippen molar-refractivity contribution in [3.8, 4) is 6.07 Å². The molecule has 1 aromatic rings. The van der Waals surface area contributed by atoms with Crippen LogP contribution in [0.2, 0.25) is 0 Å². The molecule has 1 N–H and O–H groups in total. The second kappa shape index (κ2) is 6.38. The Labute approximate surface area is 115 Å². The molecule has 0 heterocycles. The molecule has 102 valence electrons. The minimum Gasteiger partial charge on any atom is -0.352 e. The molecule has 0 aliphatic rings. The fraction of sp³-hybridized carbons (Fsp3) is 0.500. The van der Waals surface area contributed by atoms with E-state index in [9.17, 15) is 4.79 Å². The molecule has 19 heavy (non-hydrogen) atoms. The summed E-state index contributed by atoms with van der Waals surface area (Å²) in [4.78, 5) is 12.1. The number of hydrogen-bond donors (Lipinski definition) is 1. The Hall–Kier alpha value is -1.82. The van der Waals surface area contributed by atoms with Crippen LogP contribution in [-0.4, -0.2) is 11.9 Å². The first-order chi connectivity index (χ1) is 8.84. The third kappa shape index (κ3) is 4.75. The van der Waals surface area contributed by atoms with Crippen LogP contribution >= 0.6 is 0 Å². The maximum Gasteiger partial charge on any atom is 0.237 e. The van der Waals surface area contributed by atoms with Crippen molar-refractivity contribution in [3.63, 3.8) is 0 Å². The summed E-state index contributed by atoms with van der Waals surface area (Å²) in [5.74, 6) is -0.819. The molecule has 0 saturated carbocycles. The molecule has 1 rings (SSSR count). The van der Waals surface area contributed by atoms with Crippen LogP contribution in [0.5, 0.6) is 0 Å². The SMILES string of the molecule is CC(NC(=O)C(C#N)Cc1ccccc1)C(C)(C)C. The number of benzene rings is 1. The van der Waals surface area contributed by atoms with Gasteiger partial charge in [-0.3, -0.25) is 4.79 Å². The van der Waals surface area contributed by atoms with Crippen LogP contribution in [0.25, 0.3) is 0 Å². The molecule has 0 fully saturated rings. The third-order valence-corrected chi connectivity index (χ3v) is 3.41. The van der Waals surface area contributed by atoms with Crippen LogP contribution in [0, 0.1) is 22.7 Å². The van der Waals surface area contributed by atoms with Gasteiger partial charge < -0.3 is 5.32 Å². The number of amides is 1. The monoisotopic (exact) mass is 258 g/mol. The lowest BCUT2D eigenvalue weighted by Crippen LogP contribution is -2.44. The third-order valence-electron chi connectivity index (χ3n) is 3.41. The van der Waals surface area contributed by atoms with Gasteiger partial charge in [0.1, 0.15) is 5.92 Å². The topological polar surface area (TPSA) is 52.9 Å². The van der Waals surface area contributed by atoms with E-state index in [-0.39, 0.29) is 17.4 Å². The first-order valence-electron chi connectivity index (χ1n) is 6.58. The number of carbonyl (C=O) groups excluding carboxylic acids is 1. The summed E-state index contributed by atoms with van der Waals surface area (Å²) >= 11 is 0. The molecule has 2 unspecified atom stereocenters. The average molecular weight is 258 g/mol. The van der Waals surface area contributed by atoms with Gasteiger partial charge in [0.05, 0.1) is 6.07 Å². The standard InChI is InChI=1S/C16H22N2O/c1-12(16(2,3)4)18-15(19)14(11-17)10-13-8-6-5-7-9-13/h5-9,12,14H,10H2,1-4H3,(H,18,19). The zero-order valence-corrected chi connectivity index (χ0v) is 12.1. The Morgan fingerprint density at radius 3 is 2.37 bits per heavy atom. The number of carbonyl (C=O) groups is 1. The Kier molecular flexibility index (Phi) is 5.11. The maximum atomic E-state index is 12.1. The van der Waals surface area contributed by atoms with Crippen LogP contribution in [0.4, 0.5) is 0 Å². The van der Waals surface area contributed by atoms with Crippen LogP contribution in [-0.2, 0) is 11.2 Å². The van der Waals surface area contributed by atoms with Crippen LogP contribution in [0.1, 0.15) is 33.3 Å². The average Bonchev–Trinajstić information content (AvgIpc) is 2.35. The highest BCUT2D eigenvalue weighted by molar-refractivity contribution is 5.81. The number of rotatable bonds is 4. The molecule has 0 radical (unpaired) electrons. The highest BCUT2D eigenvalue weighted by atomic mass is 16.1. The fourth-order valence-corrected chi connectivity index (χ4v) is 1.58. The van der Waals surface area contributed by atoms with Crippen molar-refractivity contribution in [2.75, 3.05) is 0 Å². The largest absolute Gasteiger partial charge is 0.352 e. The van der Waals surface area contributed by atoms with E-state index < -0.39 is 5.92 Å². The van der Waals surface area contributed by atoms with Gasteiger partial charge >= 0.3 is 0 Å². The molecule has 3 heteroatoms. The zero-order valence-electron chi connectivity index (χ0n) is 12.1. The summed E-state index contributed by atoms with van der Waals surface area (Å²) in [5, 5.41) is 12.1. The number of nitrogens with zero attached hydrogens (tertiary/aromatic N) is 1. The van der Waals surface area contributed by atoms with E-state index >= 15 is 0 Å². The van der Waals surface area contributed by atoms with Crippen molar-refractivity contribution in [2.24, 2.45) is 11.3 Å². The Morgan fingerprint density at radius 1 is 1.32 bits per heavy atom. The highest BCUT2D eigenvalue weighted by Crippen LogP contribution is 2.19. The van der Waals surface area contributed by atoms with Gasteiger partial charge in [0.2, 0.25) is 5.91 Å². The van der Waals surface area contributed by atoms with E-state index in [1.807, 2.05) is 37.3 Å². The lowest BCUT2D eigenvalue weighted by Gasteiger charge is -2.28. The van der Waals surface area contributed by atoms with Gasteiger partial charge in [0, 0.05) is 6.04 Å². The van der Waals surface area contributed by atoms with Gasteiger partial charge in [-0.05, 0) is 24.3 Å². The number of hydrogen-bond acceptors (Lipinski definition) is 2. The summed E-state index contributed by atoms with van der Waals surface area (Å²) in [5.41, 5.74) is 0.996. The van der Waals surface area contributed by atoms with E-state index in [1.54, 1.807) is 0 Å². The molecule has 0 aromatic heterocycles. The van der Waals surface area contributed by atoms with Crippen molar-refractivity contribution in [2.45, 2.75) is 40.2 Å². The summed E-state index contributed by atoms with van der Waals surface area (Å²) in [7, 11) is 0. The van der Waals surface area contributed by atoms with Crippen molar-refractivity contribution < 1.29 is 4.79 Å². The normalized spacial score (nSPS) is 14.3. The second-order valence-corrected chi connectivity index (χ2v) is 5.97. The van der Waals surface area contributed by atoms with Gasteiger partial charge in [0.25, 0.3) is 0 Å². The van der Waals surface area contributed by atoms with E-state index in [1.165, 1.54) is 0 Å². The lowest BCUT2D eigenvalue weighted by atomic mass is 9.87. The molecule has 0 aliphatic heterocycles. The smallest absolute Gasteiger partial charge is 0.237 e. The van der Waals surface area contributed by atoms with Crippen molar-refractivity contribution in [1.29, 1.82) is 5.26 Å². The molecule has 3 nitrogen and oxygen atoms in total. The maximum absolute atomic E-state index is 12.1. The van der Waals surface area contributed by atoms with Crippen LogP contribution in [0.3, 0.4) is 0 Å². The molecule has 1 aromatic carbocycles. The Balaban J connectivity index is 2.66. The molecule has 0 spiro atoms. The first kappa shape index (κ1) is 15.2. The predicted molar refractivity (Wildman–Crippen MR) is 76.3 cm³/mol. The van der Waals surface area contributed by atoms with Crippen LogP contribution in [0.15, 0.2) is 30.3 Å². The molecular weight excluding hydrogens is 236 g/mol. The lowest BCUT2D eigenvalue weighted by molar-refractivity contribution is -0.124. The van der Waals surface area contributed by atoms with E-state index in [0.29, 0.717) is 6.42 Å². The summed E-state index contributed by atoms with van der Waals surface area (Å²) in [6, 6.07) is 11.8. The van der Waals surface area contributed by atoms with E-state index in [0.717, 1.165) is 5.56 Å². The number of nitriles is 1. The van der Waals surface area contributed by atoms with Gasteiger partial charge in [-0.1, -0.05) is 51.1 Å². The first-order valence-corrected chi connectivity index (χ1v) is 6.58. The summed E-state index contributed by atoms with van der Waals surface area (Å²) < 4.78 is 0. The van der Waals surface area contributed by atoms with Gasteiger partial charge in [0.15, 0.2) is 0 Å². The quantitative estimate of drug-likeness (QED) is 0.902. The molecule has 0 bridgehead atoms. The van der Waals surface area contributed by atoms with Gasteiger partial charge in [-0.2, -0.15) is 5.26 Å².